The molecular weight excluding hydrogens is 638 g/mol. The van der Waals surface area contributed by atoms with Crippen LogP contribution in [0.1, 0.15) is 37.5 Å². The minimum absolute atomic E-state index is 0.0594. The summed E-state index contributed by atoms with van der Waals surface area (Å²) in [5, 5.41) is 3.05. The summed E-state index contributed by atoms with van der Waals surface area (Å²) in [6, 6.07) is 31.2. The summed E-state index contributed by atoms with van der Waals surface area (Å²) in [6.45, 7) is 7.25. The van der Waals surface area contributed by atoms with E-state index in [0.29, 0.717) is 10.2 Å². The number of anilines is 1. The molecule has 4 rings (SSSR count). The zero-order chi connectivity index (χ0) is 31.9. The van der Waals surface area contributed by atoms with Crippen molar-refractivity contribution in [2.45, 2.75) is 57.1 Å². The topological polar surface area (TPSA) is 86.8 Å². The van der Waals surface area contributed by atoms with Gasteiger partial charge in [-0.25, -0.2) is 8.42 Å². The summed E-state index contributed by atoms with van der Waals surface area (Å²) in [5.41, 5.74) is 2.54. The number of amides is 2. The molecule has 4 aromatic rings. The van der Waals surface area contributed by atoms with Crippen LogP contribution in [0.2, 0.25) is 0 Å². The van der Waals surface area contributed by atoms with Crippen LogP contribution in [0, 0.1) is 6.92 Å². The van der Waals surface area contributed by atoms with Gasteiger partial charge in [0.1, 0.15) is 12.6 Å². The molecule has 7 nitrogen and oxygen atoms in total. The molecule has 0 aliphatic heterocycles. The van der Waals surface area contributed by atoms with E-state index in [9.17, 15) is 18.0 Å². The van der Waals surface area contributed by atoms with Crippen molar-refractivity contribution in [2.75, 3.05) is 10.8 Å². The predicted molar refractivity (Wildman–Crippen MR) is 179 cm³/mol. The number of hydrogen-bond acceptors (Lipinski definition) is 4. The Balaban J connectivity index is 1.81. The highest BCUT2D eigenvalue weighted by atomic mass is 79.9. The maximum absolute atomic E-state index is 14.5. The van der Waals surface area contributed by atoms with Gasteiger partial charge in [0.2, 0.25) is 11.8 Å². The quantitative estimate of drug-likeness (QED) is 0.196. The van der Waals surface area contributed by atoms with Crippen molar-refractivity contribution in [3.63, 3.8) is 0 Å². The zero-order valence-electron chi connectivity index (χ0n) is 25.4. The maximum atomic E-state index is 14.5. The average Bonchev–Trinajstić information content (AvgIpc) is 2.98. The number of benzene rings is 4. The van der Waals surface area contributed by atoms with Crippen LogP contribution in [0.25, 0.3) is 0 Å². The lowest BCUT2D eigenvalue weighted by molar-refractivity contribution is -0.140. The first kappa shape index (κ1) is 33.0. The maximum Gasteiger partial charge on any atom is 0.264 e. The number of nitrogens with one attached hydrogen (secondary N) is 1. The Morgan fingerprint density at radius 2 is 1.43 bits per heavy atom. The number of hydrogen-bond donors (Lipinski definition) is 1. The molecule has 0 saturated heterocycles. The second-order valence-electron chi connectivity index (χ2n) is 11.8. The van der Waals surface area contributed by atoms with Crippen molar-refractivity contribution in [3.8, 4) is 0 Å². The summed E-state index contributed by atoms with van der Waals surface area (Å²) < 4.78 is 29.9. The number of rotatable bonds is 11. The molecule has 0 aliphatic carbocycles. The zero-order valence-corrected chi connectivity index (χ0v) is 27.8. The van der Waals surface area contributed by atoms with Crippen molar-refractivity contribution >= 4 is 43.5 Å². The van der Waals surface area contributed by atoms with Gasteiger partial charge in [-0.3, -0.25) is 13.9 Å². The van der Waals surface area contributed by atoms with E-state index in [-0.39, 0.29) is 23.8 Å². The van der Waals surface area contributed by atoms with Gasteiger partial charge in [0.25, 0.3) is 10.0 Å². The van der Waals surface area contributed by atoms with Crippen molar-refractivity contribution in [1.29, 1.82) is 0 Å². The largest absolute Gasteiger partial charge is 0.350 e. The van der Waals surface area contributed by atoms with Gasteiger partial charge in [0.15, 0.2) is 0 Å². The lowest BCUT2D eigenvalue weighted by Gasteiger charge is -2.35. The van der Waals surface area contributed by atoms with E-state index in [4.69, 9.17) is 0 Å². The molecule has 4 aromatic carbocycles. The monoisotopic (exact) mass is 675 g/mol. The summed E-state index contributed by atoms with van der Waals surface area (Å²) in [5.74, 6) is -0.822. The highest BCUT2D eigenvalue weighted by Gasteiger charge is 2.35. The second-order valence-corrected chi connectivity index (χ2v) is 14.5. The van der Waals surface area contributed by atoms with Crippen molar-refractivity contribution < 1.29 is 18.0 Å². The molecule has 0 heterocycles. The molecule has 0 aliphatic rings. The molecule has 0 bridgehead atoms. The smallest absolute Gasteiger partial charge is 0.264 e. The van der Waals surface area contributed by atoms with Crippen molar-refractivity contribution in [3.05, 3.63) is 130 Å². The van der Waals surface area contributed by atoms with Gasteiger partial charge in [-0.05, 0) is 69.2 Å². The van der Waals surface area contributed by atoms with E-state index in [2.05, 4.69) is 21.2 Å². The first-order valence-electron chi connectivity index (χ1n) is 14.4. The van der Waals surface area contributed by atoms with Crippen LogP contribution in [-0.4, -0.2) is 43.3 Å². The lowest BCUT2D eigenvalue weighted by atomic mass is 10.0. The fourth-order valence-corrected chi connectivity index (χ4v) is 6.59. The van der Waals surface area contributed by atoms with E-state index >= 15 is 0 Å². The number of aryl methyl sites for hydroxylation is 1. The van der Waals surface area contributed by atoms with Gasteiger partial charge in [-0.2, -0.15) is 0 Å². The number of carbonyl (C=O) groups excluding carboxylic acids is 2. The van der Waals surface area contributed by atoms with E-state index < -0.39 is 34.1 Å². The summed E-state index contributed by atoms with van der Waals surface area (Å²) in [6.07, 6.45) is 0.253. The number of nitrogens with zero attached hydrogens (tertiary/aromatic N) is 2. The molecule has 0 fully saturated rings. The molecule has 0 spiro atoms. The van der Waals surface area contributed by atoms with Crippen LogP contribution in [-0.2, 0) is 32.6 Å². The van der Waals surface area contributed by atoms with E-state index in [1.165, 1.54) is 17.0 Å². The third-order valence-corrected chi connectivity index (χ3v) is 9.23. The van der Waals surface area contributed by atoms with E-state index in [1.807, 2.05) is 82.3 Å². The molecule has 1 atom stereocenters. The van der Waals surface area contributed by atoms with E-state index in [0.717, 1.165) is 21.0 Å². The standard InChI is InChI=1S/C35H38BrN3O4S/c1-26-18-20-28(21-19-26)24-38(32(34(41)37-35(2,3)4)22-27-12-7-5-8-13-27)33(40)25-39(30-15-11-14-29(36)23-30)44(42,43)31-16-9-6-10-17-31/h5-21,23,32H,22,24-25H2,1-4H3,(H,37,41). The third-order valence-electron chi connectivity index (χ3n) is 6.95. The van der Waals surface area contributed by atoms with Crippen LogP contribution < -0.4 is 9.62 Å². The lowest BCUT2D eigenvalue weighted by Crippen LogP contribution is -2.56. The van der Waals surface area contributed by atoms with Gasteiger partial charge in [-0.1, -0.05) is 100 Å². The van der Waals surface area contributed by atoms with Crippen LogP contribution in [0.5, 0.6) is 0 Å². The number of carbonyl (C=O) groups is 2. The SMILES string of the molecule is Cc1ccc(CN(C(=O)CN(c2cccc(Br)c2)S(=O)(=O)c2ccccc2)C(Cc2ccccc2)C(=O)NC(C)(C)C)cc1. The van der Waals surface area contributed by atoms with Gasteiger partial charge in [0, 0.05) is 23.0 Å². The second kappa shape index (κ2) is 14.2. The van der Waals surface area contributed by atoms with Crippen LogP contribution in [0.4, 0.5) is 5.69 Å². The molecule has 2 amide bonds. The fraction of sp³-hybridized carbons (Fsp3) is 0.257. The fourth-order valence-electron chi connectivity index (χ4n) is 4.78. The highest BCUT2D eigenvalue weighted by molar-refractivity contribution is 9.10. The number of halogens is 1. The normalized spacial score (nSPS) is 12.3. The number of sulfonamides is 1. The molecule has 0 saturated carbocycles. The van der Waals surface area contributed by atoms with E-state index in [1.54, 1.807) is 42.5 Å². The van der Waals surface area contributed by atoms with Gasteiger partial charge >= 0.3 is 0 Å². The molecule has 44 heavy (non-hydrogen) atoms. The molecular formula is C35H38BrN3O4S. The van der Waals surface area contributed by atoms with Gasteiger partial charge in [0.05, 0.1) is 10.6 Å². The molecule has 0 radical (unpaired) electrons. The minimum atomic E-state index is -4.15. The Morgan fingerprint density at radius 3 is 2.02 bits per heavy atom. The molecule has 1 N–H and O–H groups in total. The first-order chi connectivity index (χ1) is 20.8. The first-order valence-corrected chi connectivity index (χ1v) is 16.6. The van der Waals surface area contributed by atoms with Crippen LogP contribution in [0.3, 0.4) is 0 Å². The Bertz CT molecular complexity index is 1670. The molecule has 1 unspecified atom stereocenters. The third kappa shape index (κ3) is 8.80. The van der Waals surface area contributed by atoms with Crippen LogP contribution in [0.15, 0.2) is 119 Å². The Labute approximate surface area is 269 Å². The summed E-state index contributed by atoms with van der Waals surface area (Å²) in [7, 11) is -4.15. The Kier molecular flexibility index (Phi) is 10.7. The highest BCUT2D eigenvalue weighted by Crippen LogP contribution is 2.27. The molecule has 0 aromatic heterocycles. The Morgan fingerprint density at radius 1 is 0.818 bits per heavy atom. The van der Waals surface area contributed by atoms with Crippen LogP contribution >= 0.6 is 15.9 Å². The van der Waals surface area contributed by atoms with Gasteiger partial charge in [-0.15, -0.1) is 0 Å². The van der Waals surface area contributed by atoms with Gasteiger partial charge < -0.3 is 10.2 Å². The van der Waals surface area contributed by atoms with Crippen molar-refractivity contribution in [1.82, 2.24) is 10.2 Å². The minimum Gasteiger partial charge on any atom is -0.350 e. The molecule has 230 valence electrons. The Hall–Kier alpha value is -3.95. The summed E-state index contributed by atoms with van der Waals surface area (Å²) in [4.78, 5) is 30.0. The average molecular weight is 677 g/mol. The summed E-state index contributed by atoms with van der Waals surface area (Å²) >= 11 is 3.44. The van der Waals surface area contributed by atoms with Crippen molar-refractivity contribution in [2.24, 2.45) is 0 Å². The predicted octanol–water partition coefficient (Wildman–Crippen LogP) is 6.51. The molecule has 9 heteroatoms.